The van der Waals surface area contributed by atoms with Gasteiger partial charge in [-0.25, -0.2) is 0 Å². The van der Waals surface area contributed by atoms with Crippen molar-refractivity contribution in [3.05, 3.63) is 76.9 Å². The zero-order chi connectivity index (χ0) is 27.5. The third-order valence-electron chi connectivity index (χ3n) is 7.09. The summed E-state index contributed by atoms with van der Waals surface area (Å²) in [5.41, 5.74) is 3.10. The van der Waals surface area contributed by atoms with Crippen LogP contribution in [0.1, 0.15) is 53.9 Å². The molecule has 0 saturated heterocycles. The SMILES string of the molecule is CCCOc1ccc2c(c1)[C@@H](c1ccc(OC)cc1OCCC(=O)O)[C@H](C(=O)O)[C@H]2c1ccc2c(c1)OCO2. The van der Waals surface area contributed by atoms with Gasteiger partial charge in [0.05, 0.1) is 32.7 Å². The molecule has 0 spiro atoms. The van der Waals surface area contributed by atoms with Gasteiger partial charge >= 0.3 is 11.9 Å². The number of ether oxygens (including phenoxy) is 5. The van der Waals surface area contributed by atoms with Crippen molar-refractivity contribution in [2.45, 2.75) is 31.6 Å². The zero-order valence-electron chi connectivity index (χ0n) is 21.7. The number of rotatable bonds is 11. The fourth-order valence-electron chi connectivity index (χ4n) is 5.41. The van der Waals surface area contributed by atoms with E-state index >= 15 is 0 Å². The summed E-state index contributed by atoms with van der Waals surface area (Å²) in [7, 11) is 1.52. The highest BCUT2D eigenvalue weighted by Gasteiger charge is 2.48. The Hall–Kier alpha value is -4.40. The molecule has 3 aromatic carbocycles. The molecule has 0 saturated carbocycles. The van der Waals surface area contributed by atoms with Crippen LogP contribution in [0, 0.1) is 5.92 Å². The van der Waals surface area contributed by atoms with E-state index in [1.807, 2.05) is 37.3 Å². The Morgan fingerprint density at radius 3 is 2.36 bits per heavy atom. The maximum Gasteiger partial charge on any atom is 0.308 e. The quantitative estimate of drug-likeness (QED) is 0.348. The van der Waals surface area contributed by atoms with Crippen LogP contribution in [0.2, 0.25) is 0 Å². The first-order chi connectivity index (χ1) is 18.9. The molecule has 0 unspecified atom stereocenters. The van der Waals surface area contributed by atoms with Crippen LogP contribution >= 0.6 is 0 Å². The molecule has 1 aliphatic heterocycles. The number of carboxylic acids is 2. The molecule has 3 aromatic rings. The van der Waals surface area contributed by atoms with Gasteiger partial charge in [0.25, 0.3) is 0 Å². The van der Waals surface area contributed by atoms with E-state index < -0.39 is 29.7 Å². The topological polar surface area (TPSA) is 121 Å². The smallest absolute Gasteiger partial charge is 0.308 e. The van der Waals surface area contributed by atoms with E-state index in [1.54, 1.807) is 24.3 Å². The lowest BCUT2D eigenvalue weighted by molar-refractivity contribution is -0.142. The van der Waals surface area contributed by atoms with E-state index in [-0.39, 0.29) is 19.8 Å². The van der Waals surface area contributed by atoms with Crippen molar-refractivity contribution in [3.63, 3.8) is 0 Å². The molecule has 1 heterocycles. The minimum absolute atomic E-state index is 0.0714. The standard InChI is InChI=1S/C30H30O9/c1-3-11-36-19-6-7-20-22(14-19)28(21-8-5-18(35-2)15-24(21)37-12-10-26(31)32)29(30(33)34)27(20)17-4-9-23-25(13-17)39-16-38-23/h4-9,13-15,27-29H,3,10-12,16H2,1-2H3,(H,31,32)(H,33,34)/t27-,28+,29+/m0/s1. The molecular weight excluding hydrogens is 504 g/mol. The molecule has 2 aliphatic rings. The third kappa shape index (κ3) is 5.16. The summed E-state index contributed by atoms with van der Waals surface area (Å²) in [6.45, 7) is 2.60. The Morgan fingerprint density at radius 1 is 0.846 bits per heavy atom. The second kappa shape index (κ2) is 11.1. The number of carboxylic acid groups (broad SMARTS) is 2. The van der Waals surface area contributed by atoms with Crippen molar-refractivity contribution in [3.8, 4) is 28.7 Å². The lowest BCUT2D eigenvalue weighted by atomic mass is 9.79. The van der Waals surface area contributed by atoms with Crippen molar-refractivity contribution in [1.82, 2.24) is 0 Å². The summed E-state index contributed by atoms with van der Waals surface area (Å²) < 4.78 is 28.3. The highest BCUT2D eigenvalue weighted by atomic mass is 16.7. The highest BCUT2D eigenvalue weighted by molar-refractivity contribution is 5.78. The van der Waals surface area contributed by atoms with E-state index in [0.29, 0.717) is 40.9 Å². The van der Waals surface area contributed by atoms with Gasteiger partial charge < -0.3 is 33.9 Å². The van der Waals surface area contributed by atoms with E-state index in [2.05, 4.69) is 0 Å². The molecule has 0 amide bonds. The maximum absolute atomic E-state index is 13.0. The van der Waals surface area contributed by atoms with E-state index in [0.717, 1.165) is 23.1 Å². The van der Waals surface area contributed by atoms with Crippen LogP contribution < -0.4 is 23.7 Å². The molecule has 204 valence electrons. The summed E-state index contributed by atoms with van der Waals surface area (Å²) in [6.07, 6.45) is 0.632. The first-order valence-electron chi connectivity index (χ1n) is 12.8. The Morgan fingerprint density at radius 2 is 1.62 bits per heavy atom. The molecule has 1 aliphatic carbocycles. The molecule has 9 heteroatoms. The first-order valence-corrected chi connectivity index (χ1v) is 12.8. The number of benzene rings is 3. The van der Waals surface area contributed by atoms with Gasteiger partial charge in [-0.2, -0.15) is 0 Å². The van der Waals surface area contributed by atoms with Gasteiger partial charge in [-0.1, -0.05) is 25.1 Å². The van der Waals surface area contributed by atoms with Crippen LogP contribution in [-0.4, -0.2) is 49.3 Å². The molecule has 5 rings (SSSR count). The number of methoxy groups -OCH3 is 1. The molecule has 39 heavy (non-hydrogen) atoms. The highest BCUT2D eigenvalue weighted by Crippen LogP contribution is 2.56. The lowest BCUT2D eigenvalue weighted by Crippen LogP contribution is -2.24. The van der Waals surface area contributed by atoms with Gasteiger partial charge in [-0.15, -0.1) is 0 Å². The van der Waals surface area contributed by atoms with Crippen molar-refractivity contribution >= 4 is 11.9 Å². The summed E-state index contributed by atoms with van der Waals surface area (Å²) in [5.74, 6) is -1.22. The fraction of sp³-hybridized carbons (Fsp3) is 0.333. The van der Waals surface area contributed by atoms with Gasteiger partial charge in [0.2, 0.25) is 6.79 Å². The van der Waals surface area contributed by atoms with Crippen LogP contribution in [0.25, 0.3) is 0 Å². The first kappa shape index (κ1) is 26.2. The van der Waals surface area contributed by atoms with Crippen molar-refractivity contribution in [2.75, 3.05) is 27.1 Å². The van der Waals surface area contributed by atoms with Crippen LogP contribution in [0.4, 0.5) is 0 Å². The Kier molecular flexibility index (Phi) is 7.49. The van der Waals surface area contributed by atoms with Gasteiger partial charge in [0.1, 0.15) is 17.2 Å². The number of hydrogen-bond donors (Lipinski definition) is 2. The van der Waals surface area contributed by atoms with Gasteiger partial charge in [-0.05, 0) is 53.4 Å². The van der Waals surface area contributed by atoms with Gasteiger partial charge in [0, 0.05) is 23.5 Å². The molecule has 0 aromatic heterocycles. The van der Waals surface area contributed by atoms with Crippen LogP contribution in [0.3, 0.4) is 0 Å². The summed E-state index contributed by atoms with van der Waals surface area (Å²) in [5, 5.41) is 19.8. The normalized spacial score (nSPS) is 18.9. The van der Waals surface area contributed by atoms with E-state index in [9.17, 15) is 14.7 Å². The van der Waals surface area contributed by atoms with Crippen LogP contribution in [0.5, 0.6) is 28.7 Å². The second-order valence-electron chi connectivity index (χ2n) is 9.47. The number of fused-ring (bicyclic) bond motifs is 2. The minimum atomic E-state index is -0.991. The Balaban J connectivity index is 1.66. The summed E-state index contributed by atoms with van der Waals surface area (Å²) >= 11 is 0. The molecular formula is C30H30O9. The van der Waals surface area contributed by atoms with E-state index in [1.165, 1.54) is 7.11 Å². The number of carbonyl (C=O) groups is 2. The molecule has 0 bridgehead atoms. The maximum atomic E-state index is 13.0. The average Bonchev–Trinajstić information content (AvgIpc) is 3.53. The average molecular weight is 535 g/mol. The molecule has 3 atom stereocenters. The third-order valence-corrected chi connectivity index (χ3v) is 7.09. The molecule has 0 radical (unpaired) electrons. The summed E-state index contributed by atoms with van der Waals surface area (Å²) in [6, 6.07) is 16.4. The largest absolute Gasteiger partial charge is 0.497 e. The zero-order valence-corrected chi connectivity index (χ0v) is 21.7. The predicted molar refractivity (Wildman–Crippen MR) is 140 cm³/mol. The molecule has 9 nitrogen and oxygen atoms in total. The van der Waals surface area contributed by atoms with Gasteiger partial charge in [-0.3, -0.25) is 9.59 Å². The fourth-order valence-corrected chi connectivity index (χ4v) is 5.41. The van der Waals surface area contributed by atoms with Gasteiger partial charge in [0.15, 0.2) is 11.5 Å². The second-order valence-corrected chi connectivity index (χ2v) is 9.47. The van der Waals surface area contributed by atoms with Crippen molar-refractivity contribution in [1.29, 1.82) is 0 Å². The minimum Gasteiger partial charge on any atom is -0.497 e. The van der Waals surface area contributed by atoms with Crippen molar-refractivity contribution in [2.24, 2.45) is 5.92 Å². The Labute approximate surface area is 225 Å². The van der Waals surface area contributed by atoms with Crippen LogP contribution in [-0.2, 0) is 9.59 Å². The lowest BCUT2D eigenvalue weighted by Gasteiger charge is -2.25. The van der Waals surface area contributed by atoms with E-state index in [4.69, 9.17) is 28.8 Å². The predicted octanol–water partition coefficient (Wildman–Crippen LogP) is 5.04. The number of aliphatic carboxylic acids is 2. The number of hydrogen-bond acceptors (Lipinski definition) is 7. The summed E-state index contributed by atoms with van der Waals surface area (Å²) in [4.78, 5) is 24.2. The molecule has 2 N–H and O–H groups in total. The van der Waals surface area contributed by atoms with Crippen molar-refractivity contribution < 1.29 is 43.5 Å². The Bertz CT molecular complexity index is 1380. The molecule has 0 fully saturated rings. The van der Waals surface area contributed by atoms with Crippen LogP contribution in [0.15, 0.2) is 54.6 Å². The monoisotopic (exact) mass is 534 g/mol.